The molecule has 0 fully saturated rings. The molecule has 0 saturated carbocycles. The van der Waals surface area contributed by atoms with Gasteiger partial charge in [-0.1, -0.05) is 44.7 Å². The van der Waals surface area contributed by atoms with Crippen LogP contribution in [0.4, 0.5) is 0 Å². The van der Waals surface area contributed by atoms with Crippen LogP contribution in [0, 0.1) is 5.92 Å². The number of ether oxygens (including phenoxy) is 2. The highest BCUT2D eigenvalue weighted by Crippen LogP contribution is 2.18. The van der Waals surface area contributed by atoms with Gasteiger partial charge in [-0.05, 0) is 24.0 Å². The first-order valence-electron chi connectivity index (χ1n) is 7.06. The van der Waals surface area contributed by atoms with E-state index in [2.05, 4.69) is 18.7 Å². The fourth-order valence-corrected chi connectivity index (χ4v) is 1.94. The first kappa shape index (κ1) is 16.4. The molecule has 0 heterocycles. The molecule has 1 atom stereocenters. The van der Waals surface area contributed by atoms with Gasteiger partial charge in [0.2, 0.25) is 0 Å². The maximum Gasteiger partial charge on any atom is 0.330 e. The molecule has 0 aromatic heterocycles. The minimum atomic E-state index is -0.369. The van der Waals surface area contributed by atoms with Crippen molar-refractivity contribution in [2.75, 3.05) is 6.61 Å². The molecule has 0 bridgehead atoms. The van der Waals surface area contributed by atoms with Crippen LogP contribution in [0.5, 0.6) is 0 Å². The standard InChI is InChI=1S/C17H24O3/c1-5-17(18)20-16(13(3)4)11-14-9-7-8-10-15(14)12-19-6-2/h5,7-10,13,16H,1,6,11-12H2,2-4H3. The molecule has 3 nitrogen and oxygen atoms in total. The summed E-state index contributed by atoms with van der Waals surface area (Å²) in [5, 5.41) is 0. The Morgan fingerprint density at radius 1 is 1.30 bits per heavy atom. The third-order valence-corrected chi connectivity index (χ3v) is 3.18. The molecular weight excluding hydrogens is 252 g/mol. The van der Waals surface area contributed by atoms with E-state index in [0.717, 1.165) is 11.1 Å². The van der Waals surface area contributed by atoms with E-state index in [1.165, 1.54) is 6.08 Å². The number of hydrogen-bond acceptors (Lipinski definition) is 3. The van der Waals surface area contributed by atoms with Crippen molar-refractivity contribution in [3.8, 4) is 0 Å². The van der Waals surface area contributed by atoms with Crippen LogP contribution >= 0.6 is 0 Å². The monoisotopic (exact) mass is 276 g/mol. The van der Waals surface area contributed by atoms with Crippen molar-refractivity contribution < 1.29 is 14.3 Å². The van der Waals surface area contributed by atoms with Gasteiger partial charge in [-0.2, -0.15) is 0 Å². The SMILES string of the molecule is C=CC(=O)OC(Cc1ccccc1COCC)C(C)C. The highest BCUT2D eigenvalue weighted by atomic mass is 16.5. The Morgan fingerprint density at radius 3 is 2.50 bits per heavy atom. The number of esters is 1. The number of carbonyl (C=O) groups is 1. The average Bonchev–Trinajstić information content (AvgIpc) is 2.45. The number of rotatable bonds is 8. The minimum Gasteiger partial charge on any atom is -0.459 e. The molecule has 0 N–H and O–H groups in total. The maximum absolute atomic E-state index is 11.4. The second-order valence-corrected chi connectivity index (χ2v) is 5.03. The van der Waals surface area contributed by atoms with E-state index in [0.29, 0.717) is 19.6 Å². The Hall–Kier alpha value is -1.61. The van der Waals surface area contributed by atoms with Crippen LogP contribution < -0.4 is 0 Å². The summed E-state index contributed by atoms with van der Waals surface area (Å²) in [5.74, 6) is -0.120. The van der Waals surface area contributed by atoms with E-state index >= 15 is 0 Å². The Bertz CT molecular complexity index is 438. The zero-order valence-electron chi connectivity index (χ0n) is 12.6. The fraction of sp³-hybridized carbons (Fsp3) is 0.471. The molecule has 0 aliphatic rings. The van der Waals surface area contributed by atoms with Crippen LogP contribution in [0.15, 0.2) is 36.9 Å². The van der Waals surface area contributed by atoms with Gasteiger partial charge in [0.1, 0.15) is 6.10 Å². The summed E-state index contributed by atoms with van der Waals surface area (Å²) in [6.45, 7) is 10.8. The summed E-state index contributed by atoms with van der Waals surface area (Å²) in [5.41, 5.74) is 2.31. The molecule has 110 valence electrons. The van der Waals surface area contributed by atoms with Crippen LogP contribution in [0.2, 0.25) is 0 Å². The van der Waals surface area contributed by atoms with Crippen molar-refractivity contribution >= 4 is 5.97 Å². The van der Waals surface area contributed by atoms with E-state index in [4.69, 9.17) is 9.47 Å². The Kier molecular flexibility index (Phi) is 7.02. The van der Waals surface area contributed by atoms with E-state index in [1.54, 1.807) is 0 Å². The molecule has 0 amide bonds. The van der Waals surface area contributed by atoms with E-state index in [1.807, 2.05) is 32.9 Å². The summed E-state index contributed by atoms with van der Waals surface area (Å²) in [6, 6.07) is 8.11. The second-order valence-electron chi connectivity index (χ2n) is 5.03. The van der Waals surface area contributed by atoms with E-state index in [9.17, 15) is 4.79 Å². The maximum atomic E-state index is 11.4. The van der Waals surface area contributed by atoms with Crippen molar-refractivity contribution in [2.24, 2.45) is 5.92 Å². The normalized spacial score (nSPS) is 12.2. The predicted molar refractivity (Wildman–Crippen MR) is 80.4 cm³/mol. The van der Waals surface area contributed by atoms with Gasteiger partial charge >= 0.3 is 5.97 Å². The first-order chi connectivity index (χ1) is 9.58. The average molecular weight is 276 g/mol. The Morgan fingerprint density at radius 2 is 1.95 bits per heavy atom. The first-order valence-corrected chi connectivity index (χ1v) is 7.06. The van der Waals surface area contributed by atoms with Gasteiger partial charge in [0, 0.05) is 19.1 Å². The van der Waals surface area contributed by atoms with Crippen LogP contribution in [-0.4, -0.2) is 18.7 Å². The van der Waals surface area contributed by atoms with Gasteiger partial charge in [0.25, 0.3) is 0 Å². The molecule has 3 heteroatoms. The molecule has 20 heavy (non-hydrogen) atoms. The van der Waals surface area contributed by atoms with Gasteiger partial charge in [-0.15, -0.1) is 0 Å². The molecular formula is C17H24O3. The lowest BCUT2D eigenvalue weighted by Crippen LogP contribution is -2.25. The zero-order chi connectivity index (χ0) is 15.0. The number of benzene rings is 1. The highest BCUT2D eigenvalue weighted by Gasteiger charge is 2.19. The molecule has 0 aliphatic heterocycles. The molecule has 1 rings (SSSR count). The molecule has 1 aromatic rings. The van der Waals surface area contributed by atoms with Gasteiger partial charge < -0.3 is 9.47 Å². The van der Waals surface area contributed by atoms with Gasteiger partial charge in [0.05, 0.1) is 6.61 Å². The van der Waals surface area contributed by atoms with Gasteiger partial charge in [-0.25, -0.2) is 4.79 Å². The molecule has 1 aromatic carbocycles. The Labute approximate surface area is 121 Å². The number of hydrogen-bond donors (Lipinski definition) is 0. The van der Waals surface area contributed by atoms with Crippen LogP contribution in [0.3, 0.4) is 0 Å². The van der Waals surface area contributed by atoms with Crippen LogP contribution in [-0.2, 0) is 27.3 Å². The predicted octanol–water partition coefficient (Wildman–Crippen LogP) is 3.52. The summed E-state index contributed by atoms with van der Waals surface area (Å²) < 4.78 is 10.9. The summed E-state index contributed by atoms with van der Waals surface area (Å²) in [4.78, 5) is 11.4. The zero-order valence-corrected chi connectivity index (χ0v) is 12.6. The van der Waals surface area contributed by atoms with Gasteiger partial charge in [0.15, 0.2) is 0 Å². The number of carbonyl (C=O) groups excluding carboxylic acids is 1. The van der Waals surface area contributed by atoms with Crippen molar-refractivity contribution in [3.63, 3.8) is 0 Å². The van der Waals surface area contributed by atoms with Gasteiger partial charge in [-0.3, -0.25) is 0 Å². The largest absolute Gasteiger partial charge is 0.459 e. The second kappa shape index (κ2) is 8.54. The van der Waals surface area contributed by atoms with Crippen molar-refractivity contribution in [1.82, 2.24) is 0 Å². The highest BCUT2D eigenvalue weighted by molar-refractivity contribution is 5.81. The van der Waals surface area contributed by atoms with Crippen molar-refractivity contribution in [3.05, 3.63) is 48.0 Å². The lowest BCUT2D eigenvalue weighted by molar-refractivity contribution is -0.145. The minimum absolute atomic E-state index is 0.150. The van der Waals surface area contributed by atoms with Crippen molar-refractivity contribution in [2.45, 2.75) is 39.9 Å². The Balaban J connectivity index is 2.82. The summed E-state index contributed by atoms with van der Waals surface area (Å²) in [7, 11) is 0. The third-order valence-electron chi connectivity index (χ3n) is 3.18. The summed E-state index contributed by atoms with van der Waals surface area (Å²) in [6.07, 6.45) is 1.75. The van der Waals surface area contributed by atoms with Crippen LogP contribution in [0.1, 0.15) is 31.9 Å². The molecule has 0 aliphatic carbocycles. The fourth-order valence-electron chi connectivity index (χ4n) is 1.94. The van der Waals surface area contributed by atoms with E-state index < -0.39 is 0 Å². The lowest BCUT2D eigenvalue weighted by Gasteiger charge is -2.22. The molecule has 1 unspecified atom stereocenters. The topological polar surface area (TPSA) is 35.5 Å². The summed E-state index contributed by atoms with van der Waals surface area (Å²) >= 11 is 0. The molecule has 0 radical (unpaired) electrons. The van der Waals surface area contributed by atoms with E-state index in [-0.39, 0.29) is 18.0 Å². The molecule has 0 spiro atoms. The molecule has 0 saturated heterocycles. The van der Waals surface area contributed by atoms with Crippen LogP contribution in [0.25, 0.3) is 0 Å². The van der Waals surface area contributed by atoms with Crippen molar-refractivity contribution in [1.29, 1.82) is 0 Å². The quantitative estimate of drug-likeness (QED) is 0.538. The third kappa shape index (κ3) is 5.17. The smallest absolute Gasteiger partial charge is 0.330 e. The lowest BCUT2D eigenvalue weighted by atomic mass is 9.96.